The predicted octanol–water partition coefficient (Wildman–Crippen LogP) is 5.01. The van der Waals surface area contributed by atoms with Crippen molar-refractivity contribution in [3.05, 3.63) is 0 Å². The SMILES string of the molecule is CCCCC(CC)CC(CCC)C1(C(=O)OC(C)(C)C)OO1. The van der Waals surface area contributed by atoms with Crippen molar-refractivity contribution in [2.45, 2.75) is 97.9 Å². The molecule has 1 rings (SSSR count). The van der Waals surface area contributed by atoms with Crippen molar-refractivity contribution in [1.82, 2.24) is 0 Å². The zero-order valence-electron chi connectivity index (χ0n) is 15.2. The Morgan fingerprint density at radius 2 is 1.73 bits per heavy atom. The fourth-order valence-electron chi connectivity index (χ4n) is 2.96. The second-order valence-electron chi connectivity index (χ2n) is 7.47. The van der Waals surface area contributed by atoms with E-state index in [2.05, 4.69) is 20.8 Å². The van der Waals surface area contributed by atoms with Crippen LogP contribution in [0, 0.1) is 11.8 Å². The standard InChI is InChI=1S/C18H34O4/c1-7-10-12-14(9-3)13-15(11-8-2)18(21-22-18)16(19)20-17(4,5)6/h14-15H,7-13H2,1-6H3. The summed E-state index contributed by atoms with van der Waals surface area (Å²) in [5, 5.41) is 0. The third-order valence-corrected chi connectivity index (χ3v) is 4.28. The summed E-state index contributed by atoms with van der Waals surface area (Å²) in [6, 6.07) is 0. The molecular formula is C18H34O4. The smallest absolute Gasteiger partial charge is 0.373 e. The molecule has 1 saturated heterocycles. The van der Waals surface area contributed by atoms with Crippen molar-refractivity contribution >= 4 is 5.97 Å². The number of carbonyl (C=O) groups is 1. The molecule has 1 aliphatic heterocycles. The van der Waals surface area contributed by atoms with E-state index in [0.717, 1.165) is 25.7 Å². The minimum Gasteiger partial charge on any atom is -0.456 e. The van der Waals surface area contributed by atoms with Crippen LogP contribution in [0.4, 0.5) is 0 Å². The van der Waals surface area contributed by atoms with Gasteiger partial charge in [0.15, 0.2) is 0 Å². The lowest BCUT2D eigenvalue weighted by atomic mass is 9.82. The zero-order chi connectivity index (χ0) is 16.8. The van der Waals surface area contributed by atoms with Gasteiger partial charge in [-0.15, -0.1) is 0 Å². The first-order valence-electron chi connectivity index (χ1n) is 8.89. The van der Waals surface area contributed by atoms with E-state index in [9.17, 15) is 4.79 Å². The molecule has 0 saturated carbocycles. The molecule has 0 aromatic carbocycles. The fourth-order valence-corrected chi connectivity index (χ4v) is 2.96. The van der Waals surface area contributed by atoms with E-state index < -0.39 is 11.4 Å². The second-order valence-corrected chi connectivity index (χ2v) is 7.47. The van der Waals surface area contributed by atoms with E-state index in [1.54, 1.807) is 0 Å². The lowest BCUT2D eigenvalue weighted by molar-refractivity contribution is -0.165. The third-order valence-electron chi connectivity index (χ3n) is 4.28. The Morgan fingerprint density at radius 3 is 2.14 bits per heavy atom. The molecule has 1 heterocycles. The summed E-state index contributed by atoms with van der Waals surface area (Å²) >= 11 is 0. The minimum atomic E-state index is -1.15. The molecule has 0 N–H and O–H groups in total. The fraction of sp³-hybridized carbons (Fsp3) is 0.944. The Bertz CT molecular complexity index is 341. The van der Waals surface area contributed by atoms with Crippen LogP contribution in [0.2, 0.25) is 0 Å². The van der Waals surface area contributed by atoms with Gasteiger partial charge in [0, 0.05) is 5.92 Å². The number of carbonyl (C=O) groups excluding carboxylic acids is 1. The van der Waals surface area contributed by atoms with Gasteiger partial charge in [0.2, 0.25) is 0 Å². The Balaban J connectivity index is 2.74. The number of ether oxygens (including phenoxy) is 1. The highest BCUT2D eigenvalue weighted by Crippen LogP contribution is 2.45. The molecule has 2 unspecified atom stereocenters. The molecule has 1 fully saturated rings. The van der Waals surface area contributed by atoms with Crippen LogP contribution >= 0.6 is 0 Å². The quantitative estimate of drug-likeness (QED) is 0.323. The first kappa shape index (κ1) is 19.4. The topological polar surface area (TPSA) is 51.4 Å². The van der Waals surface area contributed by atoms with Crippen LogP contribution in [0.25, 0.3) is 0 Å². The molecule has 0 aliphatic carbocycles. The second kappa shape index (κ2) is 8.30. The van der Waals surface area contributed by atoms with Gasteiger partial charge in [-0.3, -0.25) is 0 Å². The van der Waals surface area contributed by atoms with E-state index in [1.165, 1.54) is 19.3 Å². The van der Waals surface area contributed by atoms with Crippen molar-refractivity contribution in [3.63, 3.8) is 0 Å². The highest BCUT2D eigenvalue weighted by atomic mass is 17.4. The molecule has 22 heavy (non-hydrogen) atoms. The van der Waals surface area contributed by atoms with Gasteiger partial charge in [-0.05, 0) is 39.5 Å². The first-order chi connectivity index (χ1) is 10.3. The van der Waals surface area contributed by atoms with Crippen molar-refractivity contribution < 1.29 is 19.3 Å². The van der Waals surface area contributed by atoms with Crippen LogP contribution in [0.3, 0.4) is 0 Å². The predicted molar refractivity (Wildman–Crippen MR) is 87.1 cm³/mol. The highest BCUT2D eigenvalue weighted by Gasteiger charge is 2.64. The zero-order valence-corrected chi connectivity index (χ0v) is 15.2. The Kier molecular flexibility index (Phi) is 7.33. The van der Waals surface area contributed by atoms with Gasteiger partial charge < -0.3 is 4.74 Å². The first-order valence-corrected chi connectivity index (χ1v) is 8.89. The number of rotatable bonds is 10. The Labute approximate surface area is 135 Å². The highest BCUT2D eigenvalue weighted by molar-refractivity contribution is 5.80. The summed E-state index contributed by atoms with van der Waals surface area (Å²) in [5.41, 5.74) is -0.525. The monoisotopic (exact) mass is 314 g/mol. The van der Waals surface area contributed by atoms with Gasteiger partial charge in [-0.25, -0.2) is 4.79 Å². The lowest BCUT2D eigenvalue weighted by Gasteiger charge is -2.26. The number of hydrogen-bond acceptors (Lipinski definition) is 4. The summed E-state index contributed by atoms with van der Waals surface area (Å²) < 4.78 is 5.50. The summed E-state index contributed by atoms with van der Waals surface area (Å²) in [6.45, 7) is 12.2. The number of esters is 1. The molecule has 0 spiro atoms. The third kappa shape index (κ3) is 5.54. The molecule has 4 heteroatoms. The van der Waals surface area contributed by atoms with E-state index in [0.29, 0.717) is 5.92 Å². The average Bonchev–Trinajstić information content (AvgIpc) is 3.22. The minimum absolute atomic E-state index is 0.0779. The summed E-state index contributed by atoms with van der Waals surface area (Å²) in [7, 11) is 0. The molecule has 0 bridgehead atoms. The largest absolute Gasteiger partial charge is 0.456 e. The van der Waals surface area contributed by atoms with Crippen molar-refractivity contribution in [2.24, 2.45) is 11.8 Å². The number of hydrogen-bond donors (Lipinski definition) is 0. The van der Waals surface area contributed by atoms with Crippen LogP contribution in [0.1, 0.15) is 86.5 Å². The van der Waals surface area contributed by atoms with Gasteiger partial charge in [0.25, 0.3) is 0 Å². The maximum atomic E-state index is 12.5. The van der Waals surface area contributed by atoms with Crippen LogP contribution in [-0.4, -0.2) is 17.4 Å². The maximum Gasteiger partial charge on any atom is 0.373 e. The molecule has 4 nitrogen and oxygen atoms in total. The van der Waals surface area contributed by atoms with Crippen molar-refractivity contribution in [3.8, 4) is 0 Å². The van der Waals surface area contributed by atoms with Crippen LogP contribution in [0.15, 0.2) is 0 Å². The van der Waals surface area contributed by atoms with Gasteiger partial charge in [-0.2, -0.15) is 9.78 Å². The molecule has 0 aromatic heterocycles. The Hall–Kier alpha value is -0.610. The molecule has 0 radical (unpaired) electrons. The van der Waals surface area contributed by atoms with Crippen molar-refractivity contribution in [1.29, 1.82) is 0 Å². The van der Waals surface area contributed by atoms with Crippen molar-refractivity contribution in [2.75, 3.05) is 0 Å². The van der Waals surface area contributed by atoms with E-state index in [4.69, 9.17) is 14.5 Å². The average molecular weight is 314 g/mol. The van der Waals surface area contributed by atoms with Gasteiger partial charge >= 0.3 is 11.8 Å². The molecule has 0 amide bonds. The van der Waals surface area contributed by atoms with Crippen LogP contribution in [0.5, 0.6) is 0 Å². The molecule has 0 aromatic rings. The molecule has 2 atom stereocenters. The lowest BCUT2D eigenvalue weighted by Crippen LogP contribution is -2.40. The maximum absolute atomic E-state index is 12.5. The summed E-state index contributed by atoms with van der Waals surface area (Å²) in [6.07, 6.45) is 7.66. The summed E-state index contributed by atoms with van der Waals surface area (Å²) in [5.74, 6) is -0.829. The Morgan fingerprint density at radius 1 is 1.09 bits per heavy atom. The van der Waals surface area contributed by atoms with Crippen LogP contribution < -0.4 is 0 Å². The molecule has 130 valence electrons. The van der Waals surface area contributed by atoms with Crippen LogP contribution in [-0.2, 0) is 19.3 Å². The van der Waals surface area contributed by atoms with Gasteiger partial charge in [0.05, 0.1) is 0 Å². The summed E-state index contributed by atoms with van der Waals surface area (Å²) in [4.78, 5) is 22.9. The van der Waals surface area contributed by atoms with E-state index in [-0.39, 0.29) is 11.9 Å². The molecule has 1 aliphatic rings. The normalized spacial score (nSPS) is 19.5. The van der Waals surface area contributed by atoms with Gasteiger partial charge in [-0.1, -0.05) is 52.9 Å². The number of unbranched alkanes of at least 4 members (excludes halogenated alkanes) is 1. The van der Waals surface area contributed by atoms with E-state index in [1.807, 2.05) is 20.8 Å². The van der Waals surface area contributed by atoms with E-state index >= 15 is 0 Å². The van der Waals surface area contributed by atoms with Gasteiger partial charge in [0.1, 0.15) is 5.60 Å². The molecular weight excluding hydrogens is 280 g/mol.